The van der Waals surface area contributed by atoms with E-state index in [0.717, 1.165) is 42.9 Å². The lowest BCUT2D eigenvalue weighted by molar-refractivity contribution is -0.134. The molecule has 2 aliphatic rings. The fourth-order valence-electron chi connectivity index (χ4n) is 3.69. The maximum Gasteiger partial charge on any atom is 0.231 e. The van der Waals surface area contributed by atoms with Gasteiger partial charge in [-0.15, -0.1) is 10.2 Å². The summed E-state index contributed by atoms with van der Waals surface area (Å²) in [6.07, 6.45) is 4.38. The van der Waals surface area contributed by atoms with Crippen LogP contribution in [0.15, 0.2) is 30.6 Å². The van der Waals surface area contributed by atoms with E-state index in [9.17, 15) is 4.79 Å². The first-order valence-corrected chi connectivity index (χ1v) is 8.12. The Bertz CT molecular complexity index is 727. The lowest BCUT2D eigenvalue weighted by Crippen LogP contribution is -2.37. The molecule has 2 atom stereocenters. The Morgan fingerprint density at radius 1 is 1.30 bits per heavy atom. The molecule has 1 amide bonds. The number of amides is 1. The summed E-state index contributed by atoms with van der Waals surface area (Å²) >= 11 is 0. The molecule has 2 aromatic rings. The average molecular weight is 312 g/mol. The van der Waals surface area contributed by atoms with Crippen molar-refractivity contribution >= 4 is 5.91 Å². The molecule has 2 aliphatic heterocycles. The van der Waals surface area contributed by atoms with Gasteiger partial charge in [0, 0.05) is 19.2 Å². The quantitative estimate of drug-likeness (QED) is 0.851. The molecular formula is C17H20N4O2. The van der Waals surface area contributed by atoms with Crippen molar-refractivity contribution < 1.29 is 9.53 Å². The standard InChI is InChI=1S/C17H20N4O2/c1-20-11-18-19-16(20)14-6-4-9-21(14)17(22)13-8-10-23-15-7-3-2-5-12(13)15/h2-3,5,7,11,13-14H,4,6,8-10H2,1H3. The van der Waals surface area contributed by atoms with Crippen molar-refractivity contribution in [1.82, 2.24) is 19.7 Å². The molecule has 0 aliphatic carbocycles. The third kappa shape index (κ3) is 2.38. The molecule has 1 aromatic heterocycles. The highest BCUT2D eigenvalue weighted by Gasteiger charge is 2.38. The van der Waals surface area contributed by atoms with Gasteiger partial charge in [0.2, 0.25) is 5.91 Å². The third-order valence-corrected chi connectivity index (χ3v) is 4.84. The van der Waals surface area contributed by atoms with Gasteiger partial charge in [-0.05, 0) is 25.3 Å². The molecule has 120 valence electrons. The van der Waals surface area contributed by atoms with Gasteiger partial charge < -0.3 is 14.2 Å². The average Bonchev–Trinajstić information content (AvgIpc) is 3.22. The molecule has 0 bridgehead atoms. The van der Waals surface area contributed by atoms with Crippen LogP contribution in [0.25, 0.3) is 0 Å². The lowest BCUT2D eigenvalue weighted by atomic mass is 9.91. The van der Waals surface area contributed by atoms with E-state index in [-0.39, 0.29) is 17.9 Å². The van der Waals surface area contributed by atoms with E-state index in [1.54, 1.807) is 6.33 Å². The molecule has 2 unspecified atom stereocenters. The van der Waals surface area contributed by atoms with Gasteiger partial charge in [0.15, 0.2) is 5.82 Å². The summed E-state index contributed by atoms with van der Waals surface area (Å²) in [6, 6.07) is 7.90. The lowest BCUT2D eigenvalue weighted by Gasteiger charge is -2.31. The number of hydrogen-bond acceptors (Lipinski definition) is 4. The number of fused-ring (bicyclic) bond motifs is 1. The fraction of sp³-hybridized carbons (Fsp3) is 0.471. The summed E-state index contributed by atoms with van der Waals surface area (Å²) in [6.45, 7) is 1.38. The number of para-hydroxylation sites is 1. The molecule has 4 rings (SSSR count). The van der Waals surface area contributed by atoms with Gasteiger partial charge in [-0.25, -0.2) is 0 Å². The normalized spacial score (nSPS) is 23.4. The molecule has 0 saturated carbocycles. The molecule has 1 saturated heterocycles. The summed E-state index contributed by atoms with van der Waals surface area (Å²) in [5.74, 6) is 1.78. The number of aromatic nitrogens is 3. The number of ether oxygens (including phenoxy) is 1. The highest BCUT2D eigenvalue weighted by molar-refractivity contribution is 5.85. The van der Waals surface area contributed by atoms with Gasteiger partial charge in [-0.1, -0.05) is 18.2 Å². The molecule has 23 heavy (non-hydrogen) atoms. The second-order valence-corrected chi connectivity index (χ2v) is 6.22. The number of rotatable bonds is 2. The SMILES string of the molecule is Cn1cnnc1C1CCCN1C(=O)C1CCOc2ccccc21. The number of likely N-dealkylation sites (tertiary alicyclic amines) is 1. The molecular weight excluding hydrogens is 292 g/mol. The van der Waals surface area contributed by atoms with Crippen molar-refractivity contribution in [3.8, 4) is 5.75 Å². The van der Waals surface area contributed by atoms with Crippen LogP contribution >= 0.6 is 0 Å². The van der Waals surface area contributed by atoms with Crippen LogP contribution in [-0.4, -0.2) is 38.7 Å². The van der Waals surface area contributed by atoms with Crippen molar-refractivity contribution in [2.24, 2.45) is 7.05 Å². The van der Waals surface area contributed by atoms with Crippen LogP contribution in [0.5, 0.6) is 5.75 Å². The van der Waals surface area contributed by atoms with E-state index < -0.39 is 0 Å². The van der Waals surface area contributed by atoms with Crippen LogP contribution in [0.3, 0.4) is 0 Å². The second-order valence-electron chi connectivity index (χ2n) is 6.22. The molecule has 0 N–H and O–H groups in total. The number of benzene rings is 1. The Morgan fingerprint density at radius 3 is 3.00 bits per heavy atom. The Morgan fingerprint density at radius 2 is 2.17 bits per heavy atom. The first-order valence-electron chi connectivity index (χ1n) is 8.12. The molecule has 1 aromatic carbocycles. The number of hydrogen-bond donors (Lipinski definition) is 0. The minimum Gasteiger partial charge on any atom is -0.493 e. The molecule has 0 spiro atoms. The van der Waals surface area contributed by atoms with E-state index in [1.807, 2.05) is 40.8 Å². The minimum atomic E-state index is -0.117. The van der Waals surface area contributed by atoms with Crippen LogP contribution in [-0.2, 0) is 11.8 Å². The van der Waals surface area contributed by atoms with E-state index >= 15 is 0 Å². The fourth-order valence-corrected chi connectivity index (χ4v) is 3.69. The Balaban J connectivity index is 1.63. The van der Waals surface area contributed by atoms with Gasteiger partial charge in [0.1, 0.15) is 12.1 Å². The highest BCUT2D eigenvalue weighted by Crippen LogP contribution is 2.38. The van der Waals surface area contributed by atoms with Crippen LogP contribution in [0.2, 0.25) is 0 Å². The zero-order chi connectivity index (χ0) is 15.8. The van der Waals surface area contributed by atoms with Crippen molar-refractivity contribution in [2.75, 3.05) is 13.2 Å². The minimum absolute atomic E-state index is 0.0324. The number of aryl methyl sites for hydroxylation is 1. The zero-order valence-corrected chi connectivity index (χ0v) is 13.2. The second kappa shape index (κ2) is 5.68. The van der Waals surface area contributed by atoms with Gasteiger partial charge in [-0.2, -0.15) is 0 Å². The predicted molar refractivity (Wildman–Crippen MR) is 84.0 cm³/mol. The van der Waals surface area contributed by atoms with Crippen LogP contribution < -0.4 is 4.74 Å². The maximum atomic E-state index is 13.2. The number of carbonyl (C=O) groups excluding carboxylic acids is 1. The molecule has 3 heterocycles. The van der Waals surface area contributed by atoms with E-state index in [4.69, 9.17) is 4.74 Å². The van der Waals surface area contributed by atoms with Crippen molar-refractivity contribution in [3.05, 3.63) is 42.0 Å². The Labute approximate surface area is 135 Å². The van der Waals surface area contributed by atoms with Crippen LogP contribution in [0.1, 0.15) is 42.6 Å². The van der Waals surface area contributed by atoms with Crippen molar-refractivity contribution in [1.29, 1.82) is 0 Å². The van der Waals surface area contributed by atoms with E-state index in [2.05, 4.69) is 10.2 Å². The summed E-state index contributed by atoms with van der Waals surface area (Å²) < 4.78 is 7.60. The third-order valence-electron chi connectivity index (χ3n) is 4.84. The first kappa shape index (κ1) is 14.2. The molecule has 1 fully saturated rings. The summed E-state index contributed by atoms with van der Waals surface area (Å²) in [4.78, 5) is 15.2. The molecule has 6 nitrogen and oxygen atoms in total. The van der Waals surface area contributed by atoms with Crippen LogP contribution in [0, 0.1) is 0 Å². The largest absolute Gasteiger partial charge is 0.493 e. The van der Waals surface area contributed by atoms with E-state index in [1.165, 1.54) is 0 Å². The highest BCUT2D eigenvalue weighted by atomic mass is 16.5. The smallest absolute Gasteiger partial charge is 0.231 e. The van der Waals surface area contributed by atoms with Crippen LogP contribution in [0.4, 0.5) is 0 Å². The van der Waals surface area contributed by atoms with Gasteiger partial charge in [0.05, 0.1) is 18.6 Å². The van der Waals surface area contributed by atoms with Gasteiger partial charge in [0.25, 0.3) is 0 Å². The summed E-state index contributed by atoms with van der Waals surface area (Å²) in [5.41, 5.74) is 1.01. The zero-order valence-electron chi connectivity index (χ0n) is 13.2. The Kier molecular flexibility index (Phi) is 3.52. The maximum absolute atomic E-state index is 13.2. The first-order chi connectivity index (χ1) is 11.3. The topological polar surface area (TPSA) is 60.2 Å². The van der Waals surface area contributed by atoms with Crippen molar-refractivity contribution in [2.45, 2.75) is 31.2 Å². The number of carbonyl (C=O) groups is 1. The predicted octanol–water partition coefficient (Wildman–Crippen LogP) is 2.04. The summed E-state index contributed by atoms with van der Waals surface area (Å²) in [7, 11) is 1.93. The molecule has 0 radical (unpaired) electrons. The van der Waals surface area contributed by atoms with Crippen molar-refractivity contribution in [3.63, 3.8) is 0 Å². The summed E-state index contributed by atoms with van der Waals surface area (Å²) in [5, 5.41) is 8.18. The number of nitrogens with zero attached hydrogens (tertiary/aromatic N) is 4. The monoisotopic (exact) mass is 312 g/mol. The van der Waals surface area contributed by atoms with Gasteiger partial charge >= 0.3 is 0 Å². The van der Waals surface area contributed by atoms with Gasteiger partial charge in [-0.3, -0.25) is 4.79 Å². The Hall–Kier alpha value is -2.37. The molecule has 6 heteroatoms. The van der Waals surface area contributed by atoms with E-state index in [0.29, 0.717) is 6.61 Å².